The van der Waals surface area contributed by atoms with Crippen LogP contribution in [0.1, 0.15) is 16.7 Å². The number of rotatable bonds is 4. The molecule has 0 aliphatic heterocycles. The summed E-state index contributed by atoms with van der Waals surface area (Å²) in [5.41, 5.74) is 0.669. The van der Waals surface area contributed by atoms with E-state index in [2.05, 4.69) is 15.9 Å². The summed E-state index contributed by atoms with van der Waals surface area (Å²) in [6, 6.07) is 22.9. The lowest BCUT2D eigenvalue weighted by molar-refractivity contribution is -0.153. The highest BCUT2D eigenvalue weighted by atomic mass is 79.9. The lowest BCUT2D eigenvalue weighted by atomic mass is 9.93. The van der Waals surface area contributed by atoms with E-state index in [-0.39, 0.29) is 17.7 Å². The van der Waals surface area contributed by atoms with Crippen LogP contribution in [0.3, 0.4) is 0 Å². The molecule has 148 valence electrons. The van der Waals surface area contributed by atoms with E-state index in [1.54, 1.807) is 60.7 Å². The van der Waals surface area contributed by atoms with Crippen LogP contribution in [-0.2, 0) is 15.2 Å². The third-order valence-electron chi connectivity index (χ3n) is 4.83. The zero-order chi connectivity index (χ0) is 20.9. The molecule has 3 aromatic carbocycles. The van der Waals surface area contributed by atoms with Crippen molar-refractivity contribution in [3.8, 4) is 11.1 Å². The molecule has 0 heterocycles. The highest BCUT2D eigenvalue weighted by Gasteiger charge is 2.51. The maximum absolute atomic E-state index is 16.1. The standard InChI is InChI=1S/C23H17FO3.CH3Br/c24-23(22(26)27-15-17(14-25)16-8-2-1-3-9-16)20-12-6-4-10-18(20)19-11-5-7-13-21(19)23;1-2/h1-14,25H,15H2;1H3. The van der Waals surface area contributed by atoms with Gasteiger partial charge in [-0.3, -0.25) is 0 Å². The molecular formula is C24H20BrFO3. The van der Waals surface area contributed by atoms with Crippen LogP contribution in [0.5, 0.6) is 0 Å². The predicted molar refractivity (Wildman–Crippen MR) is 117 cm³/mol. The van der Waals surface area contributed by atoms with Crippen molar-refractivity contribution < 1.29 is 19.0 Å². The van der Waals surface area contributed by atoms with E-state index in [0.717, 1.165) is 6.26 Å². The molecule has 5 heteroatoms. The molecule has 0 unspecified atom stereocenters. The van der Waals surface area contributed by atoms with Gasteiger partial charge in [-0.05, 0) is 22.5 Å². The summed E-state index contributed by atoms with van der Waals surface area (Å²) >= 11 is 2.94. The number of carbonyl (C=O) groups is 1. The van der Waals surface area contributed by atoms with Gasteiger partial charge in [0.05, 0.1) is 6.26 Å². The summed E-state index contributed by atoms with van der Waals surface area (Å²) in [6.45, 7) is -0.227. The van der Waals surface area contributed by atoms with Crippen molar-refractivity contribution in [2.24, 2.45) is 0 Å². The third-order valence-corrected chi connectivity index (χ3v) is 4.83. The quantitative estimate of drug-likeness (QED) is 0.297. The second kappa shape index (κ2) is 9.05. The van der Waals surface area contributed by atoms with Crippen LogP contribution in [0.4, 0.5) is 4.39 Å². The van der Waals surface area contributed by atoms with Crippen molar-refractivity contribution in [1.29, 1.82) is 0 Å². The third kappa shape index (κ3) is 3.70. The molecule has 0 amide bonds. The summed E-state index contributed by atoms with van der Waals surface area (Å²) in [6.07, 6.45) is 0.879. The van der Waals surface area contributed by atoms with E-state index < -0.39 is 11.6 Å². The van der Waals surface area contributed by atoms with Crippen molar-refractivity contribution in [1.82, 2.24) is 0 Å². The molecule has 3 aromatic rings. The maximum Gasteiger partial charge on any atom is 0.353 e. The van der Waals surface area contributed by atoms with Crippen LogP contribution >= 0.6 is 15.9 Å². The monoisotopic (exact) mass is 454 g/mol. The maximum atomic E-state index is 16.1. The molecule has 0 saturated heterocycles. The Morgan fingerprint density at radius 3 is 1.93 bits per heavy atom. The van der Waals surface area contributed by atoms with Gasteiger partial charge in [-0.25, -0.2) is 9.18 Å². The first-order chi connectivity index (χ1) is 14.2. The molecule has 0 saturated carbocycles. The second-order valence-electron chi connectivity index (χ2n) is 6.35. The van der Waals surface area contributed by atoms with Crippen molar-refractivity contribution in [2.75, 3.05) is 12.4 Å². The molecule has 0 radical (unpaired) electrons. The number of aliphatic hydroxyl groups excluding tert-OH is 1. The minimum absolute atomic E-state index is 0.227. The largest absolute Gasteiger partial charge is 0.515 e. The number of halogens is 2. The Hall–Kier alpha value is -2.92. The Bertz CT molecular complexity index is 986. The summed E-state index contributed by atoms with van der Waals surface area (Å²) in [5.74, 6) is 0.822. The molecule has 0 atom stereocenters. The van der Waals surface area contributed by atoms with Crippen molar-refractivity contribution in [3.05, 3.63) is 102 Å². The molecule has 0 spiro atoms. The minimum atomic E-state index is -2.37. The first-order valence-corrected chi connectivity index (χ1v) is 10.6. The van der Waals surface area contributed by atoms with E-state index in [4.69, 9.17) is 4.74 Å². The van der Waals surface area contributed by atoms with E-state index >= 15 is 4.39 Å². The number of benzene rings is 3. The number of fused-ring (bicyclic) bond motifs is 3. The number of alkyl halides is 2. The molecule has 0 fully saturated rings. The van der Waals surface area contributed by atoms with E-state index in [0.29, 0.717) is 22.3 Å². The molecule has 1 aliphatic carbocycles. The average Bonchev–Trinajstić information content (AvgIpc) is 3.06. The Morgan fingerprint density at radius 1 is 0.931 bits per heavy atom. The summed E-state index contributed by atoms with van der Waals surface area (Å²) < 4.78 is 21.4. The van der Waals surface area contributed by atoms with Gasteiger partial charge in [0.25, 0.3) is 5.67 Å². The number of hydrogen-bond donors (Lipinski definition) is 1. The average molecular weight is 455 g/mol. The number of carbonyl (C=O) groups excluding carboxylic acids is 1. The van der Waals surface area contributed by atoms with Crippen LogP contribution < -0.4 is 0 Å². The van der Waals surface area contributed by atoms with Crippen LogP contribution in [0, 0.1) is 0 Å². The molecular weight excluding hydrogens is 435 g/mol. The van der Waals surface area contributed by atoms with Crippen molar-refractivity contribution >= 4 is 27.5 Å². The highest BCUT2D eigenvalue weighted by Crippen LogP contribution is 2.50. The Labute approximate surface area is 177 Å². The summed E-state index contributed by atoms with van der Waals surface area (Å²) in [4.78, 5) is 12.8. The van der Waals surface area contributed by atoms with Crippen molar-refractivity contribution in [3.63, 3.8) is 0 Å². The van der Waals surface area contributed by atoms with Gasteiger partial charge in [0.15, 0.2) is 0 Å². The molecule has 0 bridgehead atoms. The van der Waals surface area contributed by atoms with Crippen molar-refractivity contribution in [2.45, 2.75) is 5.67 Å². The highest BCUT2D eigenvalue weighted by molar-refractivity contribution is 9.08. The normalized spacial score (nSPS) is 13.6. The lowest BCUT2D eigenvalue weighted by Crippen LogP contribution is -2.32. The first kappa shape index (κ1) is 20.8. The van der Waals surface area contributed by atoms with Gasteiger partial charge in [-0.15, -0.1) is 0 Å². The molecule has 3 nitrogen and oxygen atoms in total. The van der Waals surface area contributed by atoms with Crippen LogP contribution in [-0.4, -0.2) is 23.5 Å². The zero-order valence-electron chi connectivity index (χ0n) is 15.8. The van der Waals surface area contributed by atoms with Gasteiger partial charge in [0, 0.05) is 16.7 Å². The molecule has 1 N–H and O–H groups in total. The topological polar surface area (TPSA) is 46.5 Å². The fourth-order valence-electron chi connectivity index (χ4n) is 3.49. The van der Waals surface area contributed by atoms with Gasteiger partial charge >= 0.3 is 5.97 Å². The molecule has 29 heavy (non-hydrogen) atoms. The zero-order valence-corrected chi connectivity index (χ0v) is 17.4. The molecule has 4 rings (SSSR count). The summed E-state index contributed by atoms with van der Waals surface area (Å²) in [5, 5.41) is 9.49. The Morgan fingerprint density at radius 2 is 1.41 bits per heavy atom. The second-order valence-corrected chi connectivity index (χ2v) is 6.35. The SMILES string of the molecule is CBr.O=C(OCC(=CO)c1ccccc1)C1(F)c2ccccc2-c2ccccc21. The Kier molecular flexibility index (Phi) is 6.49. The minimum Gasteiger partial charge on any atom is -0.515 e. The van der Waals surface area contributed by atoms with Crippen LogP contribution in [0.15, 0.2) is 85.1 Å². The number of ether oxygens (including phenoxy) is 1. The number of esters is 1. The summed E-state index contributed by atoms with van der Waals surface area (Å²) in [7, 11) is 0. The van der Waals surface area contributed by atoms with Gasteiger partial charge in [-0.2, -0.15) is 0 Å². The fraction of sp³-hybridized carbons (Fsp3) is 0.125. The van der Waals surface area contributed by atoms with Crippen LogP contribution in [0.2, 0.25) is 0 Å². The first-order valence-electron chi connectivity index (χ1n) is 8.98. The van der Waals surface area contributed by atoms with Gasteiger partial charge < -0.3 is 9.84 Å². The van der Waals surface area contributed by atoms with E-state index in [1.807, 2.05) is 24.0 Å². The van der Waals surface area contributed by atoms with E-state index in [1.165, 1.54) is 0 Å². The lowest BCUT2D eigenvalue weighted by Gasteiger charge is -2.21. The molecule has 0 aromatic heterocycles. The smallest absolute Gasteiger partial charge is 0.353 e. The number of hydrogen-bond acceptors (Lipinski definition) is 3. The Balaban J connectivity index is 0.00000117. The van der Waals surface area contributed by atoms with Gasteiger partial charge in [0.2, 0.25) is 0 Å². The number of aliphatic hydroxyl groups is 1. The van der Waals surface area contributed by atoms with Gasteiger partial charge in [-0.1, -0.05) is 94.8 Å². The fourth-order valence-corrected chi connectivity index (χ4v) is 3.49. The van der Waals surface area contributed by atoms with Crippen LogP contribution in [0.25, 0.3) is 16.7 Å². The predicted octanol–water partition coefficient (Wildman–Crippen LogP) is 6.03. The molecule has 1 aliphatic rings. The van der Waals surface area contributed by atoms with E-state index in [9.17, 15) is 9.90 Å². The van der Waals surface area contributed by atoms with Gasteiger partial charge in [0.1, 0.15) is 6.61 Å².